The highest BCUT2D eigenvalue weighted by Gasteiger charge is 2.13. The number of alkyl halides is 2. The molecule has 0 fully saturated rings. The number of carbonyl (C=O) groups excluding carboxylic acids is 1. The summed E-state index contributed by atoms with van der Waals surface area (Å²) < 4.78 is 29.4. The molecule has 0 aliphatic rings. The highest BCUT2D eigenvalue weighted by atomic mass is 35.5. The van der Waals surface area contributed by atoms with E-state index in [4.69, 9.17) is 11.6 Å². The lowest BCUT2D eigenvalue weighted by Crippen LogP contribution is -2.09. The molecule has 1 heterocycles. The predicted octanol–water partition coefficient (Wildman–Crippen LogP) is 2.78. The summed E-state index contributed by atoms with van der Waals surface area (Å²) in [6, 6.07) is 2.44. The Hall–Kier alpha value is -1.23. The second kappa shape index (κ2) is 5.75. The number of carbonyl (C=O) groups is 1. The van der Waals surface area contributed by atoms with E-state index < -0.39 is 18.1 Å². The van der Waals surface area contributed by atoms with Crippen molar-refractivity contribution in [2.24, 2.45) is 0 Å². The Balaban J connectivity index is 2.84. The first-order chi connectivity index (χ1) is 7.52. The van der Waals surface area contributed by atoms with Crippen LogP contribution in [0.5, 0.6) is 0 Å². The van der Waals surface area contributed by atoms with Gasteiger partial charge in [0.1, 0.15) is 5.69 Å². The van der Waals surface area contributed by atoms with E-state index >= 15 is 0 Å². The van der Waals surface area contributed by atoms with Crippen molar-refractivity contribution in [3.8, 4) is 0 Å². The summed E-state index contributed by atoms with van der Waals surface area (Å²) in [5.41, 5.74) is -0.256. The van der Waals surface area contributed by atoms with Crippen LogP contribution in [0.1, 0.15) is 24.7 Å². The van der Waals surface area contributed by atoms with Crippen molar-refractivity contribution in [2.45, 2.75) is 19.8 Å². The number of ether oxygens (including phenoxy) is 1. The van der Waals surface area contributed by atoms with Crippen molar-refractivity contribution >= 4 is 17.6 Å². The molecule has 0 N–H and O–H groups in total. The minimum Gasteiger partial charge on any atom is -0.466 e. The average Bonchev–Trinajstić information content (AvgIpc) is 2.16. The van der Waals surface area contributed by atoms with Crippen molar-refractivity contribution in [2.75, 3.05) is 6.61 Å². The number of halogens is 3. The lowest BCUT2D eigenvalue weighted by Gasteiger charge is -2.05. The lowest BCUT2D eigenvalue weighted by molar-refractivity contribution is -0.142. The van der Waals surface area contributed by atoms with Gasteiger partial charge in [-0.3, -0.25) is 9.78 Å². The molecule has 0 aliphatic carbocycles. The van der Waals surface area contributed by atoms with Gasteiger partial charge in [0.2, 0.25) is 0 Å². The van der Waals surface area contributed by atoms with Crippen LogP contribution in [0.25, 0.3) is 0 Å². The molecule has 3 nitrogen and oxygen atoms in total. The summed E-state index contributed by atoms with van der Waals surface area (Å²) in [6.45, 7) is 1.90. The van der Waals surface area contributed by atoms with Crippen LogP contribution >= 0.6 is 11.6 Å². The largest absolute Gasteiger partial charge is 0.466 e. The summed E-state index contributed by atoms with van der Waals surface area (Å²) in [5.74, 6) is -0.516. The minimum atomic E-state index is -2.71. The third-order valence-corrected chi connectivity index (χ3v) is 1.94. The fourth-order valence-corrected chi connectivity index (χ4v) is 1.37. The molecule has 1 rings (SSSR count). The molecule has 0 spiro atoms. The van der Waals surface area contributed by atoms with Gasteiger partial charge in [-0.15, -0.1) is 0 Å². The zero-order valence-corrected chi connectivity index (χ0v) is 9.30. The Morgan fingerprint density at radius 3 is 2.81 bits per heavy atom. The monoisotopic (exact) mass is 249 g/mol. The highest BCUT2D eigenvalue weighted by Crippen LogP contribution is 2.21. The zero-order chi connectivity index (χ0) is 12.1. The lowest BCUT2D eigenvalue weighted by atomic mass is 10.2. The summed E-state index contributed by atoms with van der Waals surface area (Å²) >= 11 is 5.63. The van der Waals surface area contributed by atoms with Gasteiger partial charge in [0.15, 0.2) is 0 Å². The van der Waals surface area contributed by atoms with Gasteiger partial charge in [0.25, 0.3) is 6.43 Å². The van der Waals surface area contributed by atoms with Gasteiger partial charge in [-0.1, -0.05) is 11.6 Å². The Morgan fingerprint density at radius 2 is 2.25 bits per heavy atom. The van der Waals surface area contributed by atoms with Crippen molar-refractivity contribution in [3.63, 3.8) is 0 Å². The molecule has 0 amide bonds. The number of nitrogens with zero attached hydrogens (tertiary/aromatic N) is 1. The third-order valence-electron chi connectivity index (χ3n) is 1.72. The number of hydrogen-bond donors (Lipinski definition) is 0. The molecule has 0 aromatic carbocycles. The van der Waals surface area contributed by atoms with Crippen molar-refractivity contribution in [1.82, 2.24) is 4.98 Å². The van der Waals surface area contributed by atoms with E-state index in [1.807, 2.05) is 0 Å². The van der Waals surface area contributed by atoms with Crippen LogP contribution in [0.15, 0.2) is 12.1 Å². The molecule has 88 valence electrons. The van der Waals surface area contributed by atoms with E-state index in [2.05, 4.69) is 9.72 Å². The maximum atomic E-state index is 12.4. The molecule has 0 bridgehead atoms. The van der Waals surface area contributed by atoms with Crippen LogP contribution in [0, 0.1) is 0 Å². The molecule has 0 saturated carbocycles. The zero-order valence-electron chi connectivity index (χ0n) is 8.54. The molecule has 0 unspecified atom stereocenters. The Morgan fingerprint density at radius 1 is 1.56 bits per heavy atom. The topological polar surface area (TPSA) is 39.2 Å². The minimum absolute atomic E-state index is 0.129. The Kier molecular flexibility index (Phi) is 4.61. The molecular weight excluding hydrogens is 240 g/mol. The van der Waals surface area contributed by atoms with E-state index in [0.29, 0.717) is 0 Å². The number of rotatable bonds is 4. The Bertz CT molecular complexity index is 385. The summed E-state index contributed by atoms with van der Waals surface area (Å²) in [7, 11) is 0. The maximum Gasteiger partial charge on any atom is 0.311 e. The first-order valence-corrected chi connectivity index (χ1v) is 5.01. The second-order valence-electron chi connectivity index (χ2n) is 2.98. The van der Waals surface area contributed by atoms with E-state index in [9.17, 15) is 13.6 Å². The smallest absolute Gasteiger partial charge is 0.311 e. The van der Waals surface area contributed by atoms with Crippen LogP contribution < -0.4 is 0 Å². The van der Waals surface area contributed by atoms with Gasteiger partial charge in [-0.05, 0) is 19.1 Å². The quantitative estimate of drug-likeness (QED) is 0.771. The summed E-state index contributed by atoms with van der Waals surface area (Å²) in [4.78, 5) is 14.7. The fourth-order valence-electron chi connectivity index (χ4n) is 1.13. The molecule has 1 aromatic heterocycles. The molecule has 1 aromatic rings. The molecule has 0 radical (unpaired) electrons. The van der Waals surface area contributed by atoms with Crippen LogP contribution in [0.4, 0.5) is 8.78 Å². The first-order valence-electron chi connectivity index (χ1n) is 4.63. The van der Waals surface area contributed by atoms with Crippen molar-refractivity contribution in [1.29, 1.82) is 0 Å². The van der Waals surface area contributed by atoms with E-state index in [1.54, 1.807) is 6.92 Å². The third kappa shape index (κ3) is 3.73. The van der Waals surface area contributed by atoms with Crippen molar-refractivity contribution < 1.29 is 18.3 Å². The second-order valence-corrected chi connectivity index (χ2v) is 3.42. The summed E-state index contributed by atoms with van der Waals surface area (Å²) in [5, 5.41) is 0.129. The molecule has 0 aliphatic heterocycles. The number of aromatic nitrogens is 1. The summed E-state index contributed by atoms with van der Waals surface area (Å²) in [6.07, 6.45) is -2.87. The van der Waals surface area contributed by atoms with Crippen LogP contribution in [0.3, 0.4) is 0 Å². The fraction of sp³-hybridized carbons (Fsp3) is 0.400. The van der Waals surface area contributed by atoms with Gasteiger partial charge in [0.05, 0.1) is 18.7 Å². The van der Waals surface area contributed by atoms with Gasteiger partial charge in [-0.2, -0.15) is 0 Å². The Labute approximate surface area is 96.4 Å². The first kappa shape index (κ1) is 12.8. The SMILES string of the molecule is CCOC(=O)Cc1cc(Cl)cc(C(F)F)n1. The van der Waals surface area contributed by atoms with E-state index in [-0.39, 0.29) is 23.7 Å². The molecular formula is C10H10ClF2NO2. The average molecular weight is 250 g/mol. The van der Waals surface area contributed by atoms with E-state index in [0.717, 1.165) is 6.07 Å². The van der Waals surface area contributed by atoms with Gasteiger partial charge >= 0.3 is 5.97 Å². The number of hydrogen-bond acceptors (Lipinski definition) is 3. The predicted molar refractivity (Wildman–Crippen MR) is 54.5 cm³/mol. The van der Waals surface area contributed by atoms with Crippen molar-refractivity contribution in [3.05, 3.63) is 28.5 Å². The van der Waals surface area contributed by atoms with Gasteiger partial charge < -0.3 is 4.74 Å². The van der Waals surface area contributed by atoms with Gasteiger partial charge in [-0.25, -0.2) is 8.78 Å². The standard InChI is InChI=1S/C10H10ClF2NO2/c1-2-16-9(15)5-7-3-6(11)4-8(14-7)10(12)13/h3-4,10H,2,5H2,1H3. The molecule has 0 saturated heterocycles. The number of pyridine rings is 1. The maximum absolute atomic E-state index is 12.4. The normalized spacial score (nSPS) is 10.6. The van der Waals surface area contributed by atoms with E-state index in [1.165, 1.54) is 6.07 Å². The number of esters is 1. The molecule has 16 heavy (non-hydrogen) atoms. The van der Waals surface area contributed by atoms with Crippen LogP contribution in [-0.4, -0.2) is 17.6 Å². The van der Waals surface area contributed by atoms with Crippen LogP contribution in [-0.2, 0) is 16.0 Å². The molecule has 0 atom stereocenters. The highest BCUT2D eigenvalue weighted by molar-refractivity contribution is 6.30. The van der Waals surface area contributed by atoms with Gasteiger partial charge in [0, 0.05) is 5.02 Å². The molecule has 6 heteroatoms. The van der Waals surface area contributed by atoms with Crippen LogP contribution in [0.2, 0.25) is 5.02 Å².